The number of benzene rings is 1. The Labute approximate surface area is 79.2 Å². The van der Waals surface area contributed by atoms with E-state index in [1.54, 1.807) is 6.20 Å². The minimum Gasteiger partial charge on any atom is -0.335 e. The molecular weight excluding hydrogens is 178 g/mol. The molecule has 2 heterocycles. The predicted octanol–water partition coefficient (Wildman–Crippen LogP) is 1.15. The van der Waals surface area contributed by atoms with Crippen molar-refractivity contribution in [2.45, 2.75) is 0 Å². The van der Waals surface area contributed by atoms with E-state index in [1.165, 1.54) is 0 Å². The molecule has 2 N–H and O–H groups in total. The Morgan fingerprint density at radius 2 is 2.29 bits per heavy atom. The van der Waals surface area contributed by atoms with Crippen molar-refractivity contribution in [3.63, 3.8) is 0 Å². The average Bonchev–Trinajstić information content (AvgIpc) is 2.88. The first-order chi connectivity index (χ1) is 6.95. The summed E-state index contributed by atoms with van der Waals surface area (Å²) in [6.45, 7) is 0. The zero-order valence-corrected chi connectivity index (χ0v) is 7.15. The van der Waals surface area contributed by atoms with Gasteiger partial charge in [0.15, 0.2) is 6.33 Å². The minimum absolute atomic E-state index is 0.788. The number of H-pyrrole nitrogens is 2. The fourth-order valence-electron chi connectivity index (χ4n) is 1.45. The van der Waals surface area contributed by atoms with Crippen LogP contribution in [-0.4, -0.2) is 25.4 Å². The maximum atomic E-state index is 4.11. The molecule has 0 aliphatic rings. The molecule has 0 saturated heterocycles. The highest BCUT2D eigenvalue weighted by atomic mass is 15.3. The molecule has 0 aliphatic carbocycles. The third-order valence-electron chi connectivity index (χ3n) is 2.09. The van der Waals surface area contributed by atoms with E-state index in [9.17, 15) is 0 Å². The molecule has 2 aromatic heterocycles. The SMILES string of the molecule is [c]1nc2c(-c3c[nH]nn3)cccc2[nH]1. The Hall–Kier alpha value is -2.17. The van der Waals surface area contributed by atoms with E-state index in [1.807, 2.05) is 18.2 Å². The molecule has 0 atom stereocenters. The fraction of sp³-hybridized carbons (Fsp3) is 0. The summed E-state index contributed by atoms with van der Waals surface area (Å²) in [5.41, 5.74) is 3.55. The van der Waals surface area contributed by atoms with Crippen LogP contribution in [0.15, 0.2) is 24.4 Å². The third kappa shape index (κ3) is 0.922. The molecule has 3 rings (SSSR count). The highest BCUT2D eigenvalue weighted by Crippen LogP contribution is 2.23. The lowest BCUT2D eigenvalue weighted by atomic mass is 10.1. The Bertz CT molecular complexity index is 551. The van der Waals surface area contributed by atoms with Gasteiger partial charge in [-0.15, -0.1) is 5.10 Å². The molecule has 5 nitrogen and oxygen atoms in total. The smallest absolute Gasteiger partial charge is 0.174 e. The molecule has 5 heteroatoms. The maximum absolute atomic E-state index is 4.11. The van der Waals surface area contributed by atoms with E-state index < -0.39 is 0 Å². The highest BCUT2D eigenvalue weighted by molar-refractivity contribution is 5.90. The van der Waals surface area contributed by atoms with Gasteiger partial charge in [0.25, 0.3) is 0 Å². The second kappa shape index (κ2) is 2.66. The molecule has 0 unspecified atom stereocenters. The van der Waals surface area contributed by atoms with Gasteiger partial charge >= 0.3 is 0 Å². The van der Waals surface area contributed by atoms with Crippen LogP contribution in [0.4, 0.5) is 0 Å². The topological polar surface area (TPSA) is 70.2 Å². The van der Waals surface area contributed by atoms with Crippen LogP contribution in [0.3, 0.4) is 0 Å². The Morgan fingerprint density at radius 1 is 1.29 bits per heavy atom. The Kier molecular flexibility index (Phi) is 1.38. The molecule has 0 bridgehead atoms. The summed E-state index contributed by atoms with van der Waals surface area (Å²) < 4.78 is 0. The van der Waals surface area contributed by atoms with E-state index in [0.29, 0.717) is 0 Å². The number of rotatable bonds is 1. The number of nitrogens with zero attached hydrogens (tertiary/aromatic N) is 3. The molecule has 0 amide bonds. The maximum Gasteiger partial charge on any atom is 0.174 e. The lowest BCUT2D eigenvalue weighted by Gasteiger charge is -1.95. The molecule has 1 radical (unpaired) electrons. The zero-order valence-electron chi connectivity index (χ0n) is 7.15. The second-order valence-electron chi connectivity index (χ2n) is 2.91. The van der Waals surface area contributed by atoms with Gasteiger partial charge < -0.3 is 4.98 Å². The number of nitrogens with one attached hydrogen (secondary N) is 2. The van der Waals surface area contributed by atoms with E-state index in [-0.39, 0.29) is 0 Å². The van der Waals surface area contributed by atoms with Gasteiger partial charge in [-0.25, -0.2) is 4.98 Å². The summed E-state index contributed by atoms with van der Waals surface area (Å²) in [4.78, 5) is 7.04. The first kappa shape index (κ1) is 7.25. The van der Waals surface area contributed by atoms with Crippen LogP contribution in [0.2, 0.25) is 0 Å². The van der Waals surface area contributed by atoms with Crippen LogP contribution in [0, 0.1) is 6.33 Å². The number of aromatic amines is 2. The number of fused-ring (bicyclic) bond motifs is 1. The van der Waals surface area contributed by atoms with Crippen molar-refractivity contribution in [2.75, 3.05) is 0 Å². The van der Waals surface area contributed by atoms with Crippen molar-refractivity contribution in [2.24, 2.45) is 0 Å². The van der Waals surface area contributed by atoms with Crippen molar-refractivity contribution in [1.82, 2.24) is 25.4 Å². The second-order valence-corrected chi connectivity index (χ2v) is 2.91. The summed E-state index contributed by atoms with van der Waals surface area (Å²) in [5, 5.41) is 10.3. The summed E-state index contributed by atoms with van der Waals surface area (Å²) in [6.07, 6.45) is 4.45. The lowest BCUT2D eigenvalue weighted by Crippen LogP contribution is -1.80. The van der Waals surface area contributed by atoms with E-state index in [4.69, 9.17) is 0 Å². The molecule has 0 spiro atoms. The van der Waals surface area contributed by atoms with E-state index in [0.717, 1.165) is 22.3 Å². The van der Waals surface area contributed by atoms with Crippen LogP contribution in [0.1, 0.15) is 0 Å². The van der Waals surface area contributed by atoms with E-state index >= 15 is 0 Å². The predicted molar refractivity (Wildman–Crippen MR) is 50.3 cm³/mol. The normalized spacial score (nSPS) is 10.9. The van der Waals surface area contributed by atoms with Crippen LogP contribution in [0.5, 0.6) is 0 Å². The van der Waals surface area contributed by atoms with Gasteiger partial charge in [0.2, 0.25) is 0 Å². The summed E-state index contributed by atoms with van der Waals surface area (Å²) in [6, 6.07) is 5.84. The molecule has 0 saturated carbocycles. The molecule has 14 heavy (non-hydrogen) atoms. The average molecular weight is 184 g/mol. The minimum atomic E-state index is 0.788. The number of para-hydroxylation sites is 1. The van der Waals surface area contributed by atoms with Gasteiger partial charge in [-0.1, -0.05) is 17.3 Å². The fourth-order valence-corrected chi connectivity index (χ4v) is 1.45. The van der Waals surface area contributed by atoms with Gasteiger partial charge in [0, 0.05) is 5.56 Å². The molecule has 0 aliphatic heterocycles. The monoisotopic (exact) mass is 184 g/mol. The largest absolute Gasteiger partial charge is 0.335 e. The molecule has 0 fully saturated rings. The molecule has 67 valence electrons. The Balaban J connectivity index is 2.36. The first-order valence-corrected chi connectivity index (χ1v) is 4.17. The first-order valence-electron chi connectivity index (χ1n) is 4.17. The van der Waals surface area contributed by atoms with Gasteiger partial charge in [0.05, 0.1) is 17.2 Å². The number of hydrogen-bond acceptors (Lipinski definition) is 3. The summed E-state index contributed by atoms with van der Waals surface area (Å²) >= 11 is 0. The van der Waals surface area contributed by atoms with Crippen molar-refractivity contribution >= 4 is 11.0 Å². The van der Waals surface area contributed by atoms with Crippen molar-refractivity contribution in [3.8, 4) is 11.3 Å². The van der Waals surface area contributed by atoms with Gasteiger partial charge in [-0.3, -0.25) is 5.10 Å². The van der Waals surface area contributed by atoms with Crippen molar-refractivity contribution in [1.29, 1.82) is 0 Å². The standard InChI is InChI=1S/C9H6N5/c1-2-6(8-4-12-14-13-8)9-7(3-1)10-5-11-9/h1-4H,(H,10,11)(H,12,13,14). The lowest BCUT2D eigenvalue weighted by molar-refractivity contribution is 0.942. The van der Waals surface area contributed by atoms with Crippen LogP contribution >= 0.6 is 0 Å². The number of aromatic nitrogens is 5. The van der Waals surface area contributed by atoms with E-state index in [2.05, 4.69) is 31.7 Å². The van der Waals surface area contributed by atoms with Crippen LogP contribution in [0.25, 0.3) is 22.3 Å². The highest BCUT2D eigenvalue weighted by Gasteiger charge is 2.07. The molecular formula is C9H6N5. The Morgan fingerprint density at radius 3 is 3.14 bits per heavy atom. The zero-order chi connectivity index (χ0) is 9.38. The van der Waals surface area contributed by atoms with Crippen LogP contribution in [-0.2, 0) is 0 Å². The van der Waals surface area contributed by atoms with Gasteiger partial charge in [0.1, 0.15) is 5.69 Å². The molecule has 3 aromatic rings. The molecule has 1 aromatic carbocycles. The number of hydrogen-bond donors (Lipinski definition) is 2. The van der Waals surface area contributed by atoms with Crippen molar-refractivity contribution in [3.05, 3.63) is 30.7 Å². The summed E-state index contributed by atoms with van der Waals surface area (Å²) in [7, 11) is 0. The third-order valence-corrected chi connectivity index (χ3v) is 2.09. The van der Waals surface area contributed by atoms with Gasteiger partial charge in [-0.05, 0) is 6.07 Å². The quantitative estimate of drug-likeness (QED) is 0.596. The summed E-state index contributed by atoms with van der Waals surface area (Å²) in [5.74, 6) is 0. The van der Waals surface area contributed by atoms with Crippen LogP contribution < -0.4 is 0 Å². The van der Waals surface area contributed by atoms with Gasteiger partial charge in [-0.2, -0.15) is 0 Å². The number of imidazole rings is 1. The van der Waals surface area contributed by atoms with Crippen molar-refractivity contribution < 1.29 is 0 Å².